The molecule has 1 aliphatic rings. The highest BCUT2D eigenvalue weighted by Gasteiger charge is 2.12. The smallest absolute Gasteiger partial charge is 0.119 e. The molecule has 1 aromatic rings. The average molecular weight is 293 g/mol. The van der Waals surface area contributed by atoms with E-state index in [0.717, 1.165) is 31.2 Å². The lowest BCUT2D eigenvalue weighted by molar-refractivity contribution is 0.0301. The molecule has 0 unspecified atom stereocenters. The van der Waals surface area contributed by atoms with Crippen LogP contribution in [0, 0.1) is 0 Å². The van der Waals surface area contributed by atoms with Crippen LogP contribution in [0.4, 0.5) is 0 Å². The van der Waals surface area contributed by atoms with Gasteiger partial charge in [0, 0.05) is 13.1 Å². The molecule has 0 radical (unpaired) electrons. The van der Waals surface area contributed by atoms with Crippen LogP contribution < -0.4 is 14.8 Å². The summed E-state index contributed by atoms with van der Waals surface area (Å²) >= 11 is 0. The van der Waals surface area contributed by atoms with Crippen molar-refractivity contribution in [3.05, 3.63) is 24.3 Å². The summed E-state index contributed by atoms with van der Waals surface area (Å²) in [6.45, 7) is 3.19. The number of rotatable bonds is 9. The molecule has 0 amide bonds. The number of hydrogen-bond acceptors (Lipinski definition) is 4. The van der Waals surface area contributed by atoms with E-state index < -0.39 is 0 Å². The normalized spacial score (nSPS) is 15.9. The fourth-order valence-corrected chi connectivity index (χ4v) is 2.57. The Balaban J connectivity index is 1.46. The molecule has 2 rings (SSSR count). The van der Waals surface area contributed by atoms with Gasteiger partial charge >= 0.3 is 0 Å². The van der Waals surface area contributed by atoms with Crippen molar-refractivity contribution in [3.63, 3.8) is 0 Å². The van der Waals surface area contributed by atoms with Crippen LogP contribution in [-0.4, -0.2) is 39.5 Å². The predicted octanol–water partition coefficient (Wildman–Crippen LogP) is 3.01. The molecule has 0 saturated heterocycles. The Morgan fingerprint density at radius 1 is 0.952 bits per heavy atom. The lowest BCUT2D eigenvalue weighted by atomic mass is 9.98. The predicted molar refractivity (Wildman–Crippen MR) is 84.2 cm³/mol. The second kappa shape index (κ2) is 9.64. The third kappa shape index (κ3) is 6.36. The third-order valence-electron chi connectivity index (χ3n) is 3.79. The molecule has 1 aromatic carbocycles. The van der Waals surface area contributed by atoms with Crippen molar-refractivity contribution in [2.75, 3.05) is 33.4 Å². The fourth-order valence-electron chi connectivity index (χ4n) is 2.57. The van der Waals surface area contributed by atoms with Gasteiger partial charge in [-0.1, -0.05) is 19.3 Å². The van der Waals surface area contributed by atoms with Crippen LogP contribution in [0.25, 0.3) is 0 Å². The van der Waals surface area contributed by atoms with Crippen LogP contribution in [0.15, 0.2) is 24.3 Å². The molecular weight excluding hydrogens is 266 g/mol. The second-order valence-electron chi connectivity index (χ2n) is 5.40. The highest BCUT2D eigenvalue weighted by molar-refractivity contribution is 5.31. The topological polar surface area (TPSA) is 39.7 Å². The Morgan fingerprint density at radius 2 is 1.62 bits per heavy atom. The Bertz CT molecular complexity index is 374. The molecule has 1 N–H and O–H groups in total. The molecule has 118 valence electrons. The summed E-state index contributed by atoms with van der Waals surface area (Å²) in [7, 11) is 1.66. The molecule has 21 heavy (non-hydrogen) atoms. The highest BCUT2D eigenvalue weighted by atomic mass is 16.5. The fraction of sp³-hybridized carbons (Fsp3) is 0.647. The standard InChI is InChI=1S/C17H27NO3/c1-19-15-7-9-17(10-8-15)21-14-12-18-11-13-20-16-5-3-2-4-6-16/h7-10,16,18H,2-6,11-14H2,1H3. The van der Waals surface area contributed by atoms with Crippen LogP contribution >= 0.6 is 0 Å². The summed E-state index contributed by atoms with van der Waals surface area (Å²) in [6.07, 6.45) is 7.00. The lowest BCUT2D eigenvalue weighted by Crippen LogP contribution is -2.27. The lowest BCUT2D eigenvalue weighted by Gasteiger charge is -2.22. The molecule has 1 aliphatic carbocycles. The molecule has 0 spiro atoms. The van der Waals surface area contributed by atoms with Gasteiger partial charge in [0.2, 0.25) is 0 Å². The van der Waals surface area contributed by atoms with Crippen molar-refractivity contribution < 1.29 is 14.2 Å². The number of ether oxygens (including phenoxy) is 3. The van der Waals surface area contributed by atoms with Gasteiger partial charge in [-0.15, -0.1) is 0 Å². The Kier molecular flexibility index (Phi) is 7.39. The minimum atomic E-state index is 0.496. The maximum Gasteiger partial charge on any atom is 0.119 e. The van der Waals surface area contributed by atoms with E-state index >= 15 is 0 Å². The van der Waals surface area contributed by atoms with Crippen molar-refractivity contribution in [1.29, 1.82) is 0 Å². The quantitative estimate of drug-likeness (QED) is 0.711. The largest absolute Gasteiger partial charge is 0.497 e. The first-order valence-corrected chi connectivity index (χ1v) is 7.97. The summed E-state index contributed by atoms with van der Waals surface area (Å²) < 4.78 is 16.6. The number of benzene rings is 1. The van der Waals surface area contributed by atoms with E-state index in [1.807, 2.05) is 24.3 Å². The van der Waals surface area contributed by atoms with Crippen molar-refractivity contribution >= 4 is 0 Å². The molecule has 0 atom stereocenters. The monoisotopic (exact) mass is 293 g/mol. The van der Waals surface area contributed by atoms with E-state index in [-0.39, 0.29) is 0 Å². The summed E-state index contributed by atoms with van der Waals surface area (Å²) in [5.41, 5.74) is 0. The van der Waals surface area contributed by atoms with Gasteiger partial charge in [-0.05, 0) is 37.1 Å². The second-order valence-corrected chi connectivity index (χ2v) is 5.40. The highest BCUT2D eigenvalue weighted by Crippen LogP contribution is 2.20. The summed E-state index contributed by atoms with van der Waals surface area (Å²) in [5, 5.41) is 3.34. The van der Waals surface area contributed by atoms with Gasteiger partial charge < -0.3 is 19.5 Å². The summed E-state index contributed by atoms with van der Waals surface area (Å²) in [6, 6.07) is 7.65. The zero-order chi connectivity index (χ0) is 14.8. The molecule has 0 aliphatic heterocycles. The number of nitrogens with one attached hydrogen (secondary N) is 1. The van der Waals surface area contributed by atoms with Crippen molar-refractivity contribution in [2.24, 2.45) is 0 Å². The van der Waals surface area contributed by atoms with Crippen LogP contribution in [0.5, 0.6) is 11.5 Å². The molecular formula is C17H27NO3. The molecule has 0 aromatic heterocycles. The molecule has 0 bridgehead atoms. The van der Waals surface area contributed by atoms with E-state index in [0.29, 0.717) is 12.7 Å². The summed E-state index contributed by atoms with van der Waals surface area (Å²) in [4.78, 5) is 0. The average Bonchev–Trinajstić information content (AvgIpc) is 2.55. The van der Waals surface area contributed by atoms with E-state index in [4.69, 9.17) is 14.2 Å². The molecule has 0 heterocycles. The van der Waals surface area contributed by atoms with E-state index in [1.165, 1.54) is 32.1 Å². The van der Waals surface area contributed by atoms with E-state index in [1.54, 1.807) is 7.11 Å². The first kappa shape index (κ1) is 16.1. The van der Waals surface area contributed by atoms with Gasteiger partial charge in [-0.3, -0.25) is 0 Å². The van der Waals surface area contributed by atoms with Gasteiger partial charge in [-0.2, -0.15) is 0 Å². The summed E-state index contributed by atoms with van der Waals surface area (Å²) in [5.74, 6) is 1.72. The van der Waals surface area contributed by atoms with E-state index in [9.17, 15) is 0 Å². The zero-order valence-corrected chi connectivity index (χ0v) is 13.0. The SMILES string of the molecule is COc1ccc(OCCNCCOC2CCCCC2)cc1. The van der Waals surface area contributed by atoms with Gasteiger partial charge in [0.25, 0.3) is 0 Å². The minimum absolute atomic E-state index is 0.496. The number of hydrogen-bond donors (Lipinski definition) is 1. The van der Waals surface area contributed by atoms with Crippen molar-refractivity contribution in [1.82, 2.24) is 5.32 Å². The van der Waals surface area contributed by atoms with Crippen molar-refractivity contribution in [3.8, 4) is 11.5 Å². The van der Waals surface area contributed by atoms with E-state index in [2.05, 4.69) is 5.32 Å². The Morgan fingerprint density at radius 3 is 2.33 bits per heavy atom. The molecule has 1 saturated carbocycles. The Hall–Kier alpha value is -1.26. The third-order valence-corrected chi connectivity index (χ3v) is 3.79. The van der Waals surface area contributed by atoms with Gasteiger partial charge in [0.15, 0.2) is 0 Å². The van der Waals surface area contributed by atoms with Crippen LogP contribution in [0.1, 0.15) is 32.1 Å². The van der Waals surface area contributed by atoms with Crippen LogP contribution in [0.2, 0.25) is 0 Å². The zero-order valence-electron chi connectivity index (χ0n) is 13.0. The van der Waals surface area contributed by atoms with Crippen LogP contribution in [-0.2, 0) is 4.74 Å². The van der Waals surface area contributed by atoms with Gasteiger partial charge in [-0.25, -0.2) is 0 Å². The number of methoxy groups -OCH3 is 1. The van der Waals surface area contributed by atoms with Gasteiger partial charge in [0.05, 0.1) is 19.8 Å². The molecule has 4 nitrogen and oxygen atoms in total. The van der Waals surface area contributed by atoms with Crippen LogP contribution in [0.3, 0.4) is 0 Å². The first-order chi connectivity index (χ1) is 10.4. The maximum atomic E-state index is 5.86. The Labute approximate surface area is 127 Å². The molecule has 1 fully saturated rings. The minimum Gasteiger partial charge on any atom is -0.497 e. The first-order valence-electron chi connectivity index (χ1n) is 7.97. The van der Waals surface area contributed by atoms with Crippen molar-refractivity contribution in [2.45, 2.75) is 38.2 Å². The maximum absolute atomic E-state index is 5.86. The molecule has 4 heteroatoms. The van der Waals surface area contributed by atoms with Gasteiger partial charge in [0.1, 0.15) is 18.1 Å².